The van der Waals surface area contributed by atoms with E-state index >= 15 is 0 Å². The molecule has 2 heterocycles. The first kappa shape index (κ1) is 12.9. The van der Waals surface area contributed by atoms with Crippen molar-refractivity contribution in [1.82, 2.24) is 9.97 Å². The molecule has 1 aromatic heterocycles. The second kappa shape index (κ2) is 5.85. The molecule has 0 atom stereocenters. The summed E-state index contributed by atoms with van der Waals surface area (Å²) in [5.41, 5.74) is 0.841. The van der Waals surface area contributed by atoms with Gasteiger partial charge in [0.15, 0.2) is 0 Å². The van der Waals surface area contributed by atoms with E-state index < -0.39 is 0 Å². The Morgan fingerprint density at radius 3 is 2.29 bits per heavy atom. The number of halogens is 2. The molecule has 6 heteroatoms. The highest BCUT2D eigenvalue weighted by molar-refractivity contribution is 6.34. The second-order valence-electron chi connectivity index (χ2n) is 3.93. The summed E-state index contributed by atoms with van der Waals surface area (Å²) < 4.78 is 5.28. The van der Waals surface area contributed by atoms with Crippen molar-refractivity contribution in [1.29, 1.82) is 0 Å². The van der Waals surface area contributed by atoms with Crippen molar-refractivity contribution in [3.05, 3.63) is 15.9 Å². The molecule has 2 rings (SSSR count). The third kappa shape index (κ3) is 3.00. The minimum atomic E-state index is 0.466. The first-order chi connectivity index (χ1) is 8.22. The number of morpholine rings is 1. The van der Waals surface area contributed by atoms with Crippen molar-refractivity contribution in [2.75, 3.05) is 31.2 Å². The van der Waals surface area contributed by atoms with Gasteiger partial charge in [-0.25, -0.2) is 9.97 Å². The van der Waals surface area contributed by atoms with Gasteiger partial charge in [0.25, 0.3) is 0 Å². The zero-order chi connectivity index (χ0) is 12.3. The lowest BCUT2D eigenvalue weighted by Gasteiger charge is -2.27. The normalized spacial score (nSPS) is 16.3. The first-order valence-corrected chi connectivity index (χ1v) is 6.52. The smallest absolute Gasteiger partial charge is 0.228 e. The van der Waals surface area contributed by atoms with Crippen LogP contribution in [0.2, 0.25) is 10.3 Å². The van der Waals surface area contributed by atoms with Gasteiger partial charge >= 0.3 is 0 Å². The molecule has 0 aromatic carbocycles. The molecule has 1 fully saturated rings. The largest absolute Gasteiger partial charge is 0.378 e. The lowest BCUT2D eigenvalue weighted by Crippen LogP contribution is -2.37. The number of anilines is 1. The van der Waals surface area contributed by atoms with Gasteiger partial charge in [0.05, 0.1) is 13.2 Å². The number of hydrogen-bond donors (Lipinski definition) is 0. The molecule has 1 aliphatic heterocycles. The molecular formula is C11H15Cl2N3O. The molecule has 0 amide bonds. The van der Waals surface area contributed by atoms with Gasteiger partial charge in [0.1, 0.15) is 10.3 Å². The maximum atomic E-state index is 6.14. The van der Waals surface area contributed by atoms with Crippen molar-refractivity contribution in [3.63, 3.8) is 0 Å². The molecule has 0 saturated carbocycles. The summed E-state index contributed by atoms with van der Waals surface area (Å²) in [6.45, 7) is 5.01. The van der Waals surface area contributed by atoms with Gasteiger partial charge in [-0.05, 0) is 6.42 Å². The summed E-state index contributed by atoms with van der Waals surface area (Å²) in [5, 5.41) is 0.932. The van der Waals surface area contributed by atoms with Gasteiger partial charge in [0.2, 0.25) is 5.95 Å². The maximum Gasteiger partial charge on any atom is 0.228 e. The Morgan fingerprint density at radius 1 is 1.18 bits per heavy atom. The summed E-state index contributed by atoms with van der Waals surface area (Å²) in [6, 6.07) is 0. The van der Waals surface area contributed by atoms with Crippen LogP contribution in [0.25, 0.3) is 0 Å². The minimum Gasteiger partial charge on any atom is -0.378 e. The fourth-order valence-corrected chi connectivity index (χ4v) is 2.35. The zero-order valence-electron chi connectivity index (χ0n) is 9.75. The molecule has 0 bridgehead atoms. The SMILES string of the molecule is CCCc1c(Cl)nc(N2CCOCC2)nc1Cl. The molecule has 4 nitrogen and oxygen atoms in total. The highest BCUT2D eigenvalue weighted by Crippen LogP contribution is 2.25. The zero-order valence-corrected chi connectivity index (χ0v) is 11.3. The monoisotopic (exact) mass is 275 g/mol. The van der Waals surface area contributed by atoms with Crippen molar-refractivity contribution in [2.45, 2.75) is 19.8 Å². The van der Waals surface area contributed by atoms with E-state index in [1.54, 1.807) is 0 Å². The first-order valence-electron chi connectivity index (χ1n) is 5.77. The van der Waals surface area contributed by atoms with E-state index in [0.29, 0.717) is 29.5 Å². The molecule has 94 valence electrons. The molecule has 1 aliphatic rings. The van der Waals surface area contributed by atoms with Crippen molar-refractivity contribution in [3.8, 4) is 0 Å². The Labute approximate surface area is 111 Å². The summed E-state index contributed by atoms with van der Waals surface area (Å²) in [5.74, 6) is 0.600. The lowest BCUT2D eigenvalue weighted by molar-refractivity contribution is 0.122. The number of hydrogen-bond acceptors (Lipinski definition) is 4. The minimum absolute atomic E-state index is 0.466. The van der Waals surface area contributed by atoms with Crippen LogP contribution in [0.1, 0.15) is 18.9 Å². The Hall–Kier alpha value is -0.580. The number of nitrogens with zero attached hydrogens (tertiary/aromatic N) is 3. The van der Waals surface area contributed by atoms with Crippen molar-refractivity contribution in [2.24, 2.45) is 0 Å². The third-order valence-electron chi connectivity index (χ3n) is 2.69. The Kier molecular flexibility index (Phi) is 4.42. The van der Waals surface area contributed by atoms with Crippen LogP contribution in [0.4, 0.5) is 5.95 Å². The Morgan fingerprint density at radius 2 is 1.76 bits per heavy atom. The second-order valence-corrected chi connectivity index (χ2v) is 4.65. The Balaban J connectivity index is 2.24. The highest BCUT2D eigenvalue weighted by atomic mass is 35.5. The molecule has 0 aliphatic carbocycles. The molecule has 0 unspecified atom stereocenters. The van der Waals surface area contributed by atoms with Gasteiger partial charge in [-0.2, -0.15) is 0 Å². The standard InChI is InChI=1S/C11H15Cl2N3O/c1-2-3-8-9(12)14-11(15-10(8)13)16-4-6-17-7-5-16/h2-7H2,1H3. The van der Waals surface area contributed by atoms with Crippen LogP contribution < -0.4 is 4.90 Å². The summed E-state index contributed by atoms with van der Waals surface area (Å²) in [6.07, 6.45) is 1.78. The van der Waals surface area contributed by atoms with Gasteiger partial charge in [-0.1, -0.05) is 36.5 Å². The van der Waals surface area contributed by atoms with E-state index in [2.05, 4.69) is 16.9 Å². The van der Waals surface area contributed by atoms with Crippen LogP contribution in [-0.2, 0) is 11.2 Å². The van der Waals surface area contributed by atoms with Gasteiger partial charge in [-0.3, -0.25) is 0 Å². The summed E-state index contributed by atoms with van der Waals surface area (Å²) in [7, 11) is 0. The quantitative estimate of drug-likeness (QED) is 0.795. The van der Waals surface area contributed by atoms with Crippen molar-refractivity contribution >= 4 is 29.2 Å². The predicted molar refractivity (Wildman–Crippen MR) is 69.1 cm³/mol. The predicted octanol–water partition coefficient (Wildman–Crippen LogP) is 2.57. The average molecular weight is 276 g/mol. The molecule has 0 radical (unpaired) electrons. The van der Waals surface area contributed by atoms with Gasteiger partial charge < -0.3 is 9.64 Å². The number of aromatic nitrogens is 2. The van der Waals surface area contributed by atoms with Gasteiger partial charge in [-0.15, -0.1) is 0 Å². The van der Waals surface area contributed by atoms with E-state index in [0.717, 1.165) is 31.5 Å². The molecular weight excluding hydrogens is 261 g/mol. The summed E-state index contributed by atoms with van der Waals surface area (Å²) >= 11 is 12.3. The lowest BCUT2D eigenvalue weighted by atomic mass is 10.2. The highest BCUT2D eigenvalue weighted by Gasteiger charge is 2.17. The third-order valence-corrected chi connectivity index (χ3v) is 3.31. The molecule has 17 heavy (non-hydrogen) atoms. The topological polar surface area (TPSA) is 38.2 Å². The maximum absolute atomic E-state index is 6.14. The van der Waals surface area contributed by atoms with Crippen LogP contribution >= 0.6 is 23.2 Å². The fourth-order valence-electron chi connectivity index (χ4n) is 1.78. The van der Waals surface area contributed by atoms with E-state index in [4.69, 9.17) is 27.9 Å². The Bertz CT molecular complexity index is 371. The molecule has 0 N–H and O–H groups in total. The number of ether oxygens (including phenoxy) is 1. The van der Waals surface area contributed by atoms with Crippen LogP contribution in [0.15, 0.2) is 0 Å². The van der Waals surface area contributed by atoms with E-state index in [9.17, 15) is 0 Å². The molecule has 1 saturated heterocycles. The van der Waals surface area contributed by atoms with Crippen LogP contribution in [0, 0.1) is 0 Å². The average Bonchev–Trinajstić information content (AvgIpc) is 2.35. The van der Waals surface area contributed by atoms with Crippen molar-refractivity contribution < 1.29 is 4.74 Å². The number of rotatable bonds is 3. The molecule has 1 aromatic rings. The molecule has 0 spiro atoms. The van der Waals surface area contributed by atoms with E-state index in [-0.39, 0.29) is 0 Å². The van der Waals surface area contributed by atoms with Crippen LogP contribution in [-0.4, -0.2) is 36.3 Å². The van der Waals surface area contributed by atoms with Gasteiger partial charge in [0, 0.05) is 18.7 Å². The van der Waals surface area contributed by atoms with E-state index in [1.807, 2.05) is 4.90 Å². The van der Waals surface area contributed by atoms with Crippen LogP contribution in [0.5, 0.6) is 0 Å². The van der Waals surface area contributed by atoms with E-state index in [1.165, 1.54) is 0 Å². The summed E-state index contributed by atoms with van der Waals surface area (Å²) in [4.78, 5) is 10.7. The fraction of sp³-hybridized carbons (Fsp3) is 0.636. The van der Waals surface area contributed by atoms with Crippen LogP contribution in [0.3, 0.4) is 0 Å².